The minimum absolute atomic E-state index is 0.137. The normalized spacial score (nSPS) is 40.1. The number of hydrogen-bond donors (Lipinski definition) is 2. The molecular formula is C25H36N2O3. The standard InChI is InChI=1S/C25H36N2O3/c1-17-14-25(29)11-5-6-19(15-25)23(17)26-24(28)27-20-9-10-21(27)13-18(12-20)16-30-22-7-3-2-4-8-22/h2-4,7-8,17-21,23,29H,5-6,9-16H2,1H3,(H,26,28)/t17?,18?,19?,20-,21+,23-,25?/m1/s1. The molecule has 7 atom stereocenters. The Morgan fingerprint density at radius 3 is 2.63 bits per heavy atom. The van der Waals surface area contributed by atoms with Crippen LogP contribution in [0.15, 0.2) is 30.3 Å². The summed E-state index contributed by atoms with van der Waals surface area (Å²) in [5, 5.41) is 14.2. The zero-order chi connectivity index (χ0) is 20.7. The van der Waals surface area contributed by atoms with Crippen molar-refractivity contribution in [3.05, 3.63) is 30.3 Å². The van der Waals surface area contributed by atoms with Crippen molar-refractivity contribution >= 4 is 6.03 Å². The first-order valence-electron chi connectivity index (χ1n) is 12.0. The van der Waals surface area contributed by atoms with E-state index in [1.165, 1.54) is 0 Å². The highest BCUT2D eigenvalue weighted by Gasteiger charge is 2.48. The maximum Gasteiger partial charge on any atom is 0.318 e. The number of aliphatic hydroxyl groups is 1. The predicted octanol–water partition coefficient (Wildman–Crippen LogP) is 4.35. The Morgan fingerprint density at radius 1 is 1.17 bits per heavy atom. The molecule has 1 aromatic rings. The van der Waals surface area contributed by atoms with Crippen LogP contribution in [0.1, 0.15) is 64.7 Å². The number of rotatable bonds is 4. The summed E-state index contributed by atoms with van der Waals surface area (Å²) in [5.41, 5.74) is -0.486. The van der Waals surface area contributed by atoms with Gasteiger partial charge < -0.3 is 20.1 Å². The van der Waals surface area contributed by atoms with Crippen LogP contribution in [0.3, 0.4) is 0 Å². The van der Waals surface area contributed by atoms with Gasteiger partial charge in [-0.05, 0) is 81.3 Å². The van der Waals surface area contributed by atoms with Gasteiger partial charge >= 0.3 is 6.03 Å². The summed E-state index contributed by atoms with van der Waals surface area (Å²) < 4.78 is 6.01. The van der Waals surface area contributed by atoms with Crippen LogP contribution in [0.25, 0.3) is 0 Å². The van der Waals surface area contributed by atoms with Crippen molar-refractivity contribution in [2.45, 2.75) is 88.4 Å². The Hall–Kier alpha value is -1.75. The Balaban J connectivity index is 1.18. The lowest BCUT2D eigenvalue weighted by Gasteiger charge is -2.50. The number of benzene rings is 1. The molecule has 2 N–H and O–H groups in total. The average Bonchev–Trinajstić information content (AvgIpc) is 3.00. The second kappa shape index (κ2) is 8.07. The van der Waals surface area contributed by atoms with Gasteiger partial charge in [0.05, 0.1) is 12.2 Å². The summed E-state index contributed by atoms with van der Waals surface area (Å²) in [6, 6.07) is 11.1. The maximum absolute atomic E-state index is 13.3. The van der Waals surface area contributed by atoms with Gasteiger partial charge in [0.25, 0.3) is 0 Å². The Bertz CT molecular complexity index is 738. The molecule has 4 fully saturated rings. The molecule has 2 saturated carbocycles. The number of nitrogens with zero attached hydrogens (tertiary/aromatic N) is 1. The summed E-state index contributed by atoms with van der Waals surface area (Å²) in [4.78, 5) is 15.5. The van der Waals surface area contributed by atoms with Crippen LogP contribution in [0.5, 0.6) is 5.75 Å². The number of ether oxygens (including phenoxy) is 1. The van der Waals surface area contributed by atoms with E-state index in [9.17, 15) is 9.90 Å². The van der Waals surface area contributed by atoms with Crippen molar-refractivity contribution in [3.63, 3.8) is 0 Å². The van der Waals surface area contributed by atoms with Crippen molar-refractivity contribution in [2.24, 2.45) is 17.8 Å². The van der Waals surface area contributed by atoms with E-state index in [4.69, 9.17) is 4.74 Å². The van der Waals surface area contributed by atoms with Gasteiger partial charge in [0.1, 0.15) is 5.75 Å². The minimum Gasteiger partial charge on any atom is -0.493 e. The number of nitrogens with one attached hydrogen (secondary N) is 1. The lowest BCUT2D eigenvalue weighted by atomic mass is 9.63. The lowest BCUT2D eigenvalue weighted by molar-refractivity contribution is -0.0766. The number of fused-ring (bicyclic) bond motifs is 4. The van der Waals surface area contributed by atoms with E-state index in [-0.39, 0.29) is 12.1 Å². The zero-order valence-corrected chi connectivity index (χ0v) is 18.1. The zero-order valence-electron chi connectivity index (χ0n) is 18.1. The van der Waals surface area contributed by atoms with Crippen molar-refractivity contribution in [1.29, 1.82) is 0 Å². The molecule has 4 bridgehead atoms. The summed E-state index contributed by atoms with van der Waals surface area (Å²) in [6.07, 6.45) is 9.13. The third-order valence-electron chi connectivity index (χ3n) is 8.27. The summed E-state index contributed by atoms with van der Waals surface area (Å²) in [5.74, 6) is 2.22. The number of piperidine rings is 1. The molecule has 5 heteroatoms. The fourth-order valence-corrected chi connectivity index (χ4v) is 7.03. The number of para-hydroxylation sites is 1. The van der Waals surface area contributed by atoms with Crippen LogP contribution in [0.2, 0.25) is 0 Å². The van der Waals surface area contributed by atoms with E-state index >= 15 is 0 Å². The molecular weight excluding hydrogens is 376 g/mol. The van der Waals surface area contributed by atoms with Crippen molar-refractivity contribution in [1.82, 2.24) is 10.2 Å². The fourth-order valence-electron chi connectivity index (χ4n) is 7.03. The molecule has 5 rings (SSSR count). The van der Waals surface area contributed by atoms with Crippen molar-refractivity contribution in [2.75, 3.05) is 6.61 Å². The van der Waals surface area contributed by atoms with Gasteiger partial charge in [-0.25, -0.2) is 4.79 Å². The van der Waals surface area contributed by atoms with Crippen LogP contribution < -0.4 is 10.1 Å². The largest absolute Gasteiger partial charge is 0.493 e. The molecule has 2 saturated heterocycles. The Kier molecular flexibility index (Phi) is 5.42. The van der Waals surface area contributed by atoms with Gasteiger partial charge in [0, 0.05) is 18.1 Å². The molecule has 2 aliphatic heterocycles. The number of carbonyl (C=O) groups is 1. The van der Waals surface area contributed by atoms with Crippen LogP contribution in [0, 0.1) is 17.8 Å². The topological polar surface area (TPSA) is 61.8 Å². The first-order chi connectivity index (χ1) is 14.5. The van der Waals surface area contributed by atoms with E-state index < -0.39 is 5.60 Å². The monoisotopic (exact) mass is 412 g/mol. The molecule has 164 valence electrons. The molecule has 1 aromatic carbocycles. The first kappa shape index (κ1) is 20.2. The first-order valence-corrected chi connectivity index (χ1v) is 12.0. The predicted molar refractivity (Wildman–Crippen MR) is 116 cm³/mol. The van der Waals surface area contributed by atoms with Gasteiger partial charge in [0.15, 0.2) is 0 Å². The quantitative estimate of drug-likeness (QED) is 0.773. The van der Waals surface area contributed by atoms with Crippen LogP contribution >= 0.6 is 0 Å². The molecule has 5 nitrogen and oxygen atoms in total. The molecule has 30 heavy (non-hydrogen) atoms. The van der Waals surface area contributed by atoms with Crippen molar-refractivity contribution in [3.8, 4) is 5.75 Å². The second-order valence-corrected chi connectivity index (χ2v) is 10.5. The highest BCUT2D eigenvalue weighted by Crippen LogP contribution is 2.46. The number of carbonyl (C=O) groups excluding carboxylic acids is 1. The van der Waals surface area contributed by atoms with Crippen LogP contribution in [-0.4, -0.2) is 46.4 Å². The third-order valence-corrected chi connectivity index (χ3v) is 8.27. The molecule has 0 aromatic heterocycles. The van der Waals surface area contributed by atoms with Gasteiger partial charge in [-0.2, -0.15) is 0 Å². The van der Waals surface area contributed by atoms with Crippen molar-refractivity contribution < 1.29 is 14.6 Å². The van der Waals surface area contributed by atoms with E-state index in [0.29, 0.717) is 29.8 Å². The molecule has 2 amide bonds. The Labute approximate surface area is 180 Å². The molecule has 2 aliphatic carbocycles. The summed E-state index contributed by atoms with van der Waals surface area (Å²) in [7, 11) is 0. The fraction of sp³-hybridized carbons (Fsp3) is 0.720. The van der Waals surface area contributed by atoms with Gasteiger partial charge in [-0.15, -0.1) is 0 Å². The van der Waals surface area contributed by atoms with E-state index in [1.54, 1.807) is 0 Å². The highest BCUT2D eigenvalue weighted by molar-refractivity contribution is 5.76. The minimum atomic E-state index is -0.486. The van der Waals surface area contributed by atoms with E-state index in [0.717, 1.165) is 70.1 Å². The molecule has 4 aliphatic rings. The van der Waals surface area contributed by atoms with Crippen LogP contribution in [0.4, 0.5) is 4.79 Å². The highest BCUT2D eigenvalue weighted by atomic mass is 16.5. The molecule has 0 spiro atoms. The number of amides is 2. The Morgan fingerprint density at radius 2 is 1.90 bits per heavy atom. The van der Waals surface area contributed by atoms with Crippen LogP contribution in [-0.2, 0) is 0 Å². The van der Waals surface area contributed by atoms with Gasteiger partial charge in [-0.1, -0.05) is 31.5 Å². The van der Waals surface area contributed by atoms with Gasteiger partial charge in [0.2, 0.25) is 0 Å². The maximum atomic E-state index is 13.3. The SMILES string of the molecule is CC1CC2(O)CCCC(C2)[C@@H]1NC(=O)N1[C@@H]2CC[C@H]1CC(COc1ccccc1)C2. The van der Waals surface area contributed by atoms with E-state index in [2.05, 4.69) is 17.1 Å². The molecule has 0 radical (unpaired) electrons. The number of hydrogen-bond acceptors (Lipinski definition) is 3. The summed E-state index contributed by atoms with van der Waals surface area (Å²) >= 11 is 0. The third kappa shape index (κ3) is 3.93. The van der Waals surface area contributed by atoms with Gasteiger partial charge in [-0.3, -0.25) is 0 Å². The number of urea groups is 1. The molecule has 4 unspecified atom stereocenters. The smallest absolute Gasteiger partial charge is 0.318 e. The summed E-state index contributed by atoms with van der Waals surface area (Å²) in [6.45, 7) is 2.95. The van der Waals surface area contributed by atoms with E-state index in [1.807, 2.05) is 30.3 Å². The molecule has 2 heterocycles. The average molecular weight is 413 g/mol. The second-order valence-electron chi connectivity index (χ2n) is 10.5. The lowest BCUT2D eigenvalue weighted by Crippen LogP contribution is -2.59.